The molecule has 7 heteroatoms. The molecule has 1 N–H and O–H groups in total. The highest BCUT2D eigenvalue weighted by Crippen LogP contribution is 2.24. The zero-order chi connectivity index (χ0) is 18.5. The fourth-order valence-corrected chi connectivity index (χ4v) is 3.25. The van der Waals surface area contributed by atoms with Crippen LogP contribution < -0.4 is 5.32 Å². The Bertz CT molecular complexity index is 753. The molecule has 2 heterocycles. The van der Waals surface area contributed by atoms with Crippen LogP contribution in [-0.4, -0.2) is 42.7 Å². The number of ether oxygens (including phenoxy) is 1. The molecule has 1 aromatic heterocycles. The summed E-state index contributed by atoms with van der Waals surface area (Å²) in [6, 6.07) is 9.48. The zero-order valence-electron chi connectivity index (χ0n) is 15.2. The van der Waals surface area contributed by atoms with Crippen LogP contribution in [0.3, 0.4) is 0 Å². The van der Waals surface area contributed by atoms with Gasteiger partial charge in [-0.15, -0.1) is 0 Å². The maximum atomic E-state index is 11.1. The topological polar surface area (TPSA) is 80.8 Å². The van der Waals surface area contributed by atoms with Gasteiger partial charge in [0, 0.05) is 37.8 Å². The number of nitrogens with one attached hydrogen (secondary N) is 1. The Morgan fingerprint density at radius 2 is 2.00 bits per heavy atom. The molecule has 0 bridgehead atoms. The van der Waals surface area contributed by atoms with E-state index in [1.807, 2.05) is 25.1 Å². The summed E-state index contributed by atoms with van der Waals surface area (Å²) in [7, 11) is 0. The summed E-state index contributed by atoms with van der Waals surface area (Å²) in [6.45, 7) is 8.14. The predicted molar refractivity (Wildman–Crippen MR) is 98.1 cm³/mol. The second kappa shape index (κ2) is 8.44. The minimum Gasteiger partial charge on any atom is -0.465 e. The molecule has 3 rings (SSSR count). The maximum absolute atomic E-state index is 11.1. The van der Waals surface area contributed by atoms with Crippen LogP contribution in [0.5, 0.6) is 0 Å². The average molecular weight is 359 g/mol. The summed E-state index contributed by atoms with van der Waals surface area (Å²) in [4.78, 5) is 13.1. The minimum absolute atomic E-state index is 0.119. The van der Waals surface area contributed by atoms with Crippen molar-refractivity contribution in [3.05, 3.63) is 63.1 Å². The van der Waals surface area contributed by atoms with E-state index in [0.717, 1.165) is 43.4 Å². The summed E-state index contributed by atoms with van der Waals surface area (Å²) >= 11 is 0. The molecule has 140 valence electrons. The van der Waals surface area contributed by atoms with Crippen LogP contribution in [0.4, 0.5) is 5.69 Å². The molecule has 1 aliphatic rings. The van der Waals surface area contributed by atoms with Gasteiger partial charge in [0.1, 0.15) is 11.5 Å². The third kappa shape index (κ3) is 4.49. The first-order valence-corrected chi connectivity index (χ1v) is 8.87. The highest BCUT2D eigenvalue weighted by molar-refractivity contribution is 5.42. The van der Waals surface area contributed by atoms with E-state index in [9.17, 15) is 10.1 Å². The second-order valence-corrected chi connectivity index (χ2v) is 6.62. The Morgan fingerprint density at radius 3 is 2.65 bits per heavy atom. The van der Waals surface area contributed by atoms with E-state index in [1.54, 1.807) is 19.1 Å². The van der Waals surface area contributed by atoms with Gasteiger partial charge in [-0.3, -0.25) is 15.0 Å². The molecule has 1 atom stereocenters. The number of aryl methyl sites for hydroxylation is 2. The molecule has 0 amide bonds. The monoisotopic (exact) mass is 359 g/mol. The number of hydrogen-bond acceptors (Lipinski definition) is 6. The van der Waals surface area contributed by atoms with Gasteiger partial charge in [0.15, 0.2) is 0 Å². The van der Waals surface area contributed by atoms with Gasteiger partial charge in [0.2, 0.25) is 0 Å². The van der Waals surface area contributed by atoms with Gasteiger partial charge in [-0.2, -0.15) is 0 Å². The van der Waals surface area contributed by atoms with Gasteiger partial charge in [-0.1, -0.05) is 12.1 Å². The zero-order valence-corrected chi connectivity index (χ0v) is 15.2. The highest BCUT2D eigenvalue weighted by Gasteiger charge is 2.25. The van der Waals surface area contributed by atoms with Gasteiger partial charge in [-0.05, 0) is 31.5 Å². The van der Waals surface area contributed by atoms with E-state index in [4.69, 9.17) is 9.15 Å². The number of benzene rings is 1. The predicted octanol–water partition coefficient (Wildman–Crippen LogP) is 2.97. The molecular weight excluding hydrogens is 334 g/mol. The summed E-state index contributed by atoms with van der Waals surface area (Å²) in [5.74, 6) is 1.83. The van der Waals surface area contributed by atoms with Gasteiger partial charge in [0.25, 0.3) is 5.69 Å². The van der Waals surface area contributed by atoms with Crippen LogP contribution in [0, 0.1) is 24.0 Å². The second-order valence-electron chi connectivity index (χ2n) is 6.62. The van der Waals surface area contributed by atoms with Crippen molar-refractivity contribution in [3.63, 3.8) is 0 Å². The Kier molecular flexibility index (Phi) is 6.03. The van der Waals surface area contributed by atoms with Crippen LogP contribution >= 0.6 is 0 Å². The van der Waals surface area contributed by atoms with Crippen molar-refractivity contribution < 1.29 is 14.1 Å². The Hall–Kier alpha value is -2.22. The number of rotatable bonds is 7. The molecule has 2 aromatic rings. The van der Waals surface area contributed by atoms with Crippen molar-refractivity contribution in [2.75, 3.05) is 32.8 Å². The van der Waals surface area contributed by atoms with E-state index >= 15 is 0 Å². The molecule has 1 aliphatic heterocycles. The molecule has 1 fully saturated rings. The molecule has 0 radical (unpaired) electrons. The molecule has 1 saturated heterocycles. The molecule has 0 spiro atoms. The van der Waals surface area contributed by atoms with Crippen LogP contribution in [-0.2, 0) is 11.3 Å². The number of morpholine rings is 1. The van der Waals surface area contributed by atoms with Gasteiger partial charge >= 0.3 is 0 Å². The molecule has 1 unspecified atom stereocenters. The SMILES string of the molecule is Cc1ccc(C(CNCc2ccc(C)c([N+](=O)[O-])c2)N2CCOCC2)o1. The van der Waals surface area contributed by atoms with Crippen LogP contribution in [0.2, 0.25) is 0 Å². The normalized spacial score (nSPS) is 16.5. The van der Waals surface area contributed by atoms with Crippen molar-refractivity contribution in [2.45, 2.75) is 26.4 Å². The molecule has 7 nitrogen and oxygen atoms in total. The molecule has 0 saturated carbocycles. The third-order valence-corrected chi connectivity index (χ3v) is 4.71. The van der Waals surface area contributed by atoms with Crippen molar-refractivity contribution in [2.24, 2.45) is 0 Å². The van der Waals surface area contributed by atoms with Crippen molar-refractivity contribution in [3.8, 4) is 0 Å². The van der Waals surface area contributed by atoms with E-state index in [1.165, 1.54) is 0 Å². The van der Waals surface area contributed by atoms with Crippen molar-refractivity contribution in [1.29, 1.82) is 0 Å². The summed E-state index contributed by atoms with van der Waals surface area (Å²) < 4.78 is 11.3. The molecular formula is C19H25N3O4. The van der Waals surface area contributed by atoms with Crippen LogP contribution in [0.1, 0.15) is 28.7 Å². The quantitative estimate of drug-likeness (QED) is 0.605. The van der Waals surface area contributed by atoms with E-state index in [2.05, 4.69) is 10.2 Å². The lowest BCUT2D eigenvalue weighted by atomic mass is 10.1. The fraction of sp³-hybridized carbons (Fsp3) is 0.474. The minimum atomic E-state index is -0.332. The third-order valence-electron chi connectivity index (χ3n) is 4.71. The smallest absolute Gasteiger partial charge is 0.272 e. The van der Waals surface area contributed by atoms with Crippen molar-refractivity contribution >= 4 is 5.69 Å². The molecule has 1 aromatic carbocycles. The van der Waals surface area contributed by atoms with Crippen LogP contribution in [0.25, 0.3) is 0 Å². The van der Waals surface area contributed by atoms with Crippen molar-refractivity contribution in [1.82, 2.24) is 10.2 Å². The number of nitro groups is 1. The average Bonchev–Trinajstić information content (AvgIpc) is 3.06. The van der Waals surface area contributed by atoms with Gasteiger partial charge in [0.05, 0.1) is 24.2 Å². The van der Waals surface area contributed by atoms with Gasteiger partial charge in [-0.25, -0.2) is 0 Å². The van der Waals surface area contributed by atoms with E-state index < -0.39 is 0 Å². The Morgan fingerprint density at radius 1 is 1.23 bits per heavy atom. The van der Waals surface area contributed by atoms with E-state index in [-0.39, 0.29) is 16.7 Å². The fourth-order valence-electron chi connectivity index (χ4n) is 3.25. The Balaban J connectivity index is 1.66. The first-order chi connectivity index (χ1) is 12.5. The number of furan rings is 1. The summed E-state index contributed by atoms with van der Waals surface area (Å²) in [5, 5.41) is 14.5. The standard InChI is InChI=1S/C19H25N3O4/c1-14-3-5-16(11-17(14)22(23)24)12-20-13-18(19-6-4-15(2)26-19)21-7-9-25-10-8-21/h3-6,11,18,20H,7-10,12-13H2,1-2H3. The lowest BCUT2D eigenvalue weighted by molar-refractivity contribution is -0.385. The summed E-state index contributed by atoms with van der Waals surface area (Å²) in [6.07, 6.45) is 0. The lowest BCUT2D eigenvalue weighted by Crippen LogP contribution is -2.42. The highest BCUT2D eigenvalue weighted by atomic mass is 16.6. The summed E-state index contributed by atoms with van der Waals surface area (Å²) in [5.41, 5.74) is 1.74. The largest absolute Gasteiger partial charge is 0.465 e. The van der Waals surface area contributed by atoms with Gasteiger partial charge < -0.3 is 14.5 Å². The molecule has 26 heavy (non-hydrogen) atoms. The number of nitro benzene ring substituents is 1. The number of nitrogens with zero attached hydrogens (tertiary/aromatic N) is 2. The maximum Gasteiger partial charge on any atom is 0.272 e. The Labute approximate surface area is 153 Å². The van der Waals surface area contributed by atoms with E-state index in [0.29, 0.717) is 18.7 Å². The lowest BCUT2D eigenvalue weighted by Gasteiger charge is -2.33. The first-order valence-electron chi connectivity index (χ1n) is 8.87. The molecule has 0 aliphatic carbocycles. The first kappa shape index (κ1) is 18.6. The number of hydrogen-bond donors (Lipinski definition) is 1. The van der Waals surface area contributed by atoms with Crippen LogP contribution in [0.15, 0.2) is 34.7 Å².